The number of H-pyrrole nitrogens is 1. The zero-order valence-electron chi connectivity index (χ0n) is 15.0. The lowest BCUT2D eigenvalue weighted by Gasteiger charge is -2.48. The molecule has 2 fully saturated rings. The van der Waals surface area contributed by atoms with E-state index in [1.807, 2.05) is 6.07 Å². The van der Waals surface area contributed by atoms with Crippen LogP contribution in [0, 0.1) is 0 Å². The first kappa shape index (κ1) is 17.2. The van der Waals surface area contributed by atoms with Crippen LogP contribution in [0.2, 0.25) is 0 Å². The summed E-state index contributed by atoms with van der Waals surface area (Å²) in [6.07, 6.45) is 6.63. The SMILES string of the molecule is O=C(c1ncc[nH]1)N1CC[C@@]2(CCCN2CCc2ccccc2)[C@@H](O)C1. The summed E-state index contributed by atoms with van der Waals surface area (Å²) in [5.74, 6) is 0.221. The fraction of sp³-hybridized carbons (Fsp3) is 0.500. The van der Waals surface area contributed by atoms with E-state index in [9.17, 15) is 9.90 Å². The molecule has 2 aliphatic heterocycles. The number of aliphatic hydroxyl groups excluding tert-OH is 1. The summed E-state index contributed by atoms with van der Waals surface area (Å²) in [7, 11) is 0. The second-order valence-corrected chi connectivity index (χ2v) is 7.38. The molecule has 2 saturated heterocycles. The molecule has 4 rings (SSSR count). The van der Waals surface area contributed by atoms with Gasteiger partial charge in [0.2, 0.25) is 0 Å². The Kier molecular flexibility index (Phi) is 4.78. The zero-order valence-corrected chi connectivity index (χ0v) is 15.0. The number of aromatic nitrogens is 2. The van der Waals surface area contributed by atoms with E-state index in [0.717, 1.165) is 38.8 Å². The molecule has 2 aliphatic rings. The maximum Gasteiger partial charge on any atom is 0.289 e. The lowest BCUT2D eigenvalue weighted by molar-refractivity contribution is -0.0563. The Morgan fingerprint density at radius 1 is 1.27 bits per heavy atom. The molecule has 6 heteroatoms. The molecule has 2 atom stereocenters. The number of carbonyl (C=O) groups is 1. The maximum absolute atomic E-state index is 12.5. The topological polar surface area (TPSA) is 72.5 Å². The Balaban J connectivity index is 1.42. The molecule has 1 amide bonds. The number of likely N-dealkylation sites (tertiary alicyclic amines) is 2. The van der Waals surface area contributed by atoms with Crippen LogP contribution in [0.25, 0.3) is 0 Å². The second-order valence-electron chi connectivity index (χ2n) is 7.38. The smallest absolute Gasteiger partial charge is 0.289 e. The van der Waals surface area contributed by atoms with Crippen molar-refractivity contribution in [2.45, 2.75) is 37.3 Å². The number of hydrogen-bond acceptors (Lipinski definition) is 4. The predicted molar refractivity (Wildman–Crippen MR) is 98.8 cm³/mol. The second kappa shape index (κ2) is 7.21. The van der Waals surface area contributed by atoms with Gasteiger partial charge in [0.25, 0.3) is 5.91 Å². The van der Waals surface area contributed by atoms with E-state index in [1.165, 1.54) is 5.56 Å². The van der Waals surface area contributed by atoms with Crippen molar-refractivity contribution >= 4 is 5.91 Å². The summed E-state index contributed by atoms with van der Waals surface area (Å²) >= 11 is 0. The van der Waals surface area contributed by atoms with Crippen molar-refractivity contribution < 1.29 is 9.90 Å². The molecule has 3 heterocycles. The van der Waals surface area contributed by atoms with Crippen molar-refractivity contribution in [2.75, 3.05) is 26.2 Å². The number of piperidine rings is 1. The highest BCUT2D eigenvalue weighted by atomic mass is 16.3. The van der Waals surface area contributed by atoms with Crippen molar-refractivity contribution in [1.82, 2.24) is 19.8 Å². The van der Waals surface area contributed by atoms with Crippen LogP contribution < -0.4 is 0 Å². The summed E-state index contributed by atoms with van der Waals surface area (Å²) in [4.78, 5) is 23.6. The van der Waals surface area contributed by atoms with Crippen LogP contribution >= 0.6 is 0 Å². The summed E-state index contributed by atoms with van der Waals surface area (Å²) < 4.78 is 0. The largest absolute Gasteiger partial charge is 0.389 e. The number of benzene rings is 1. The summed E-state index contributed by atoms with van der Waals surface area (Å²) in [5.41, 5.74) is 1.14. The minimum atomic E-state index is -0.520. The fourth-order valence-electron chi connectivity index (χ4n) is 4.54. The van der Waals surface area contributed by atoms with Crippen molar-refractivity contribution in [3.8, 4) is 0 Å². The molecule has 1 aromatic heterocycles. The first-order valence-corrected chi connectivity index (χ1v) is 9.45. The number of β-amino-alcohol motifs (C(OH)–C–C–N with tert-alkyl or cyclic N) is 1. The van der Waals surface area contributed by atoms with Crippen LogP contribution in [-0.4, -0.2) is 68.6 Å². The van der Waals surface area contributed by atoms with Crippen LogP contribution in [0.15, 0.2) is 42.7 Å². The number of nitrogens with one attached hydrogen (secondary N) is 1. The number of rotatable bonds is 4. The zero-order chi connectivity index (χ0) is 18.0. The van der Waals surface area contributed by atoms with E-state index in [0.29, 0.717) is 18.9 Å². The molecular weight excluding hydrogens is 328 g/mol. The number of carbonyl (C=O) groups excluding carboxylic acids is 1. The molecule has 2 aromatic rings. The molecule has 0 unspecified atom stereocenters. The summed E-state index contributed by atoms with van der Waals surface area (Å²) in [6.45, 7) is 3.02. The molecule has 1 spiro atoms. The van der Waals surface area contributed by atoms with Crippen molar-refractivity contribution in [3.63, 3.8) is 0 Å². The Morgan fingerprint density at radius 2 is 2.12 bits per heavy atom. The highest BCUT2D eigenvalue weighted by Crippen LogP contribution is 2.38. The molecule has 6 nitrogen and oxygen atoms in total. The van der Waals surface area contributed by atoms with Gasteiger partial charge in [-0.05, 0) is 37.8 Å². The predicted octanol–water partition coefficient (Wildman–Crippen LogP) is 1.69. The van der Waals surface area contributed by atoms with E-state index < -0.39 is 6.10 Å². The molecular formula is C20H26N4O2. The maximum atomic E-state index is 12.5. The third-order valence-electron chi connectivity index (χ3n) is 6.00. The van der Waals surface area contributed by atoms with Gasteiger partial charge in [0, 0.05) is 32.0 Å². The standard InChI is InChI=1S/C20H26N4O2/c25-17-15-23(19(26)18-21-10-11-22-18)14-9-20(17)8-4-12-24(20)13-7-16-5-2-1-3-6-16/h1-3,5-6,10-11,17,25H,4,7-9,12-15H2,(H,21,22)/t17-,20-/m0/s1. The molecule has 1 aromatic carbocycles. The van der Waals surface area contributed by atoms with Crippen molar-refractivity contribution in [3.05, 3.63) is 54.1 Å². The average molecular weight is 354 g/mol. The number of imidazole rings is 1. The number of aliphatic hydroxyl groups is 1. The van der Waals surface area contributed by atoms with Crippen LogP contribution in [0.5, 0.6) is 0 Å². The minimum absolute atomic E-state index is 0.127. The minimum Gasteiger partial charge on any atom is -0.389 e. The normalized spacial score (nSPS) is 26.5. The van der Waals surface area contributed by atoms with Crippen molar-refractivity contribution in [2.24, 2.45) is 0 Å². The van der Waals surface area contributed by atoms with E-state index in [2.05, 4.69) is 39.1 Å². The van der Waals surface area contributed by atoms with Gasteiger partial charge in [0.05, 0.1) is 11.6 Å². The van der Waals surface area contributed by atoms with Crippen molar-refractivity contribution in [1.29, 1.82) is 0 Å². The van der Waals surface area contributed by atoms with Crippen LogP contribution in [0.1, 0.15) is 35.4 Å². The Morgan fingerprint density at radius 3 is 2.85 bits per heavy atom. The van der Waals surface area contributed by atoms with Gasteiger partial charge in [-0.15, -0.1) is 0 Å². The number of nitrogens with zero attached hydrogens (tertiary/aromatic N) is 3. The fourth-order valence-corrected chi connectivity index (χ4v) is 4.54. The van der Waals surface area contributed by atoms with Gasteiger partial charge >= 0.3 is 0 Å². The molecule has 2 N–H and O–H groups in total. The summed E-state index contributed by atoms with van der Waals surface area (Å²) in [6, 6.07) is 10.5. The first-order valence-electron chi connectivity index (χ1n) is 9.45. The third kappa shape index (κ3) is 3.15. The monoisotopic (exact) mass is 354 g/mol. The molecule has 0 radical (unpaired) electrons. The van der Waals surface area contributed by atoms with Crippen LogP contribution in [0.4, 0.5) is 0 Å². The summed E-state index contributed by atoms with van der Waals surface area (Å²) in [5, 5.41) is 11.0. The highest BCUT2D eigenvalue weighted by molar-refractivity contribution is 5.90. The number of amides is 1. The van der Waals surface area contributed by atoms with Gasteiger partial charge in [-0.3, -0.25) is 9.69 Å². The first-order chi connectivity index (χ1) is 12.7. The van der Waals surface area contributed by atoms with E-state index >= 15 is 0 Å². The lowest BCUT2D eigenvalue weighted by Crippen LogP contribution is -2.62. The highest BCUT2D eigenvalue weighted by Gasteiger charge is 2.49. The Labute approximate surface area is 153 Å². The van der Waals surface area contributed by atoms with Gasteiger partial charge < -0.3 is 15.0 Å². The van der Waals surface area contributed by atoms with E-state index in [1.54, 1.807) is 17.3 Å². The number of aromatic amines is 1. The number of hydrogen-bond donors (Lipinski definition) is 2. The molecule has 0 aliphatic carbocycles. The molecule has 26 heavy (non-hydrogen) atoms. The van der Waals surface area contributed by atoms with Gasteiger partial charge in [0.1, 0.15) is 0 Å². The lowest BCUT2D eigenvalue weighted by atomic mass is 9.82. The van der Waals surface area contributed by atoms with Gasteiger partial charge in [-0.2, -0.15) is 0 Å². The Hall–Kier alpha value is -2.18. The third-order valence-corrected chi connectivity index (χ3v) is 6.00. The van der Waals surface area contributed by atoms with Crippen LogP contribution in [0.3, 0.4) is 0 Å². The van der Waals surface area contributed by atoms with E-state index in [4.69, 9.17) is 0 Å². The molecule has 138 valence electrons. The van der Waals surface area contributed by atoms with E-state index in [-0.39, 0.29) is 11.4 Å². The quantitative estimate of drug-likeness (QED) is 0.876. The Bertz CT molecular complexity index is 734. The average Bonchev–Trinajstić information content (AvgIpc) is 3.33. The molecule has 0 bridgehead atoms. The molecule has 0 saturated carbocycles. The van der Waals surface area contributed by atoms with Gasteiger partial charge in [-0.1, -0.05) is 30.3 Å². The van der Waals surface area contributed by atoms with Gasteiger partial charge in [-0.25, -0.2) is 4.98 Å². The van der Waals surface area contributed by atoms with Crippen LogP contribution in [-0.2, 0) is 6.42 Å². The van der Waals surface area contributed by atoms with Gasteiger partial charge in [0.15, 0.2) is 5.82 Å².